The van der Waals surface area contributed by atoms with Gasteiger partial charge in [0, 0.05) is 12.1 Å². The second kappa shape index (κ2) is 6.36. The Morgan fingerprint density at radius 2 is 1.19 bits per heavy atom. The summed E-state index contributed by atoms with van der Waals surface area (Å²) in [4.78, 5) is 53.9. The van der Waals surface area contributed by atoms with E-state index in [1.807, 2.05) is 0 Å². The fraction of sp³-hybridized carbons (Fsp3) is 0.176. The Kier molecular flexibility index (Phi) is 4.21. The largest absolute Gasteiger partial charge is 0.492 e. The molecule has 0 amide bonds. The summed E-state index contributed by atoms with van der Waals surface area (Å²) in [5.41, 5.74) is -0.758. The first-order chi connectivity index (χ1) is 12.4. The van der Waals surface area contributed by atoms with Crippen molar-refractivity contribution in [3.63, 3.8) is 0 Å². The van der Waals surface area contributed by atoms with Crippen LogP contribution in [0.4, 0.5) is 0 Å². The molecule has 0 spiro atoms. The summed E-state index contributed by atoms with van der Waals surface area (Å²) in [6, 6.07) is 3.53. The zero-order valence-electron chi connectivity index (χ0n) is 14.1. The first-order valence-corrected chi connectivity index (χ1v) is 7.39. The van der Waals surface area contributed by atoms with Crippen LogP contribution in [0.25, 0.3) is 21.8 Å². The normalized spacial score (nSPS) is 10.7. The molecule has 26 heavy (non-hydrogen) atoms. The van der Waals surface area contributed by atoms with Crippen LogP contribution in [-0.4, -0.2) is 43.2 Å². The van der Waals surface area contributed by atoms with Crippen molar-refractivity contribution in [2.45, 2.75) is 0 Å². The van der Waals surface area contributed by atoms with Gasteiger partial charge in [0.25, 0.3) is 0 Å². The molecule has 2 aromatic heterocycles. The summed E-state index contributed by atoms with van der Waals surface area (Å²) < 4.78 is 14.6. The van der Waals surface area contributed by atoms with Gasteiger partial charge in [-0.05, 0) is 6.07 Å². The molecular weight excluding hydrogens is 344 g/mol. The molecule has 3 aromatic rings. The molecule has 0 aliphatic heterocycles. The van der Waals surface area contributed by atoms with Crippen LogP contribution in [-0.2, 0) is 9.47 Å². The number of H-pyrrole nitrogens is 2. The molecule has 0 aliphatic carbocycles. The molecule has 1 aromatic carbocycles. The van der Waals surface area contributed by atoms with Crippen molar-refractivity contribution in [2.75, 3.05) is 21.3 Å². The van der Waals surface area contributed by atoms with Gasteiger partial charge in [-0.15, -0.1) is 0 Å². The van der Waals surface area contributed by atoms with E-state index >= 15 is 0 Å². The first-order valence-electron chi connectivity index (χ1n) is 7.39. The van der Waals surface area contributed by atoms with Crippen LogP contribution >= 0.6 is 0 Å². The highest BCUT2D eigenvalue weighted by molar-refractivity contribution is 6.04. The van der Waals surface area contributed by atoms with Crippen molar-refractivity contribution in [3.05, 3.63) is 50.0 Å². The number of fused-ring (bicyclic) bond motifs is 2. The van der Waals surface area contributed by atoms with E-state index in [0.29, 0.717) is 0 Å². The van der Waals surface area contributed by atoms with Crippen molar-refractivity contribution in [3.8, 4) is 5.75 Å². The number of pyridine rings is 2. The van der Waals surface area contributed by atoms with Gasteiger partial charge in [-0.1, -0.05) is 0 Å². The Morgan fingerprint density at radius 1 is 0.769 bits per heavy atom. The predicted octanol–water partition coefficient (Wildman–Crippen LogP) is 0.951. The Balaban J connectivity index is 2.49. The summed E-state index contributed by atoms with van der Waals surface area (Å²) in [7, 11) is 3.70. The minimum atomic E-state index is -0.733. The van der Waals surface area contributed by atoms with Crippen LogP contribution in [0.5, 0.6) is 5.75 Å². The number of methoxy groups -OCH3 is 3. The van der Waals surface area contributed by atoms with Crippen LogP contribution in [0.1, 0.15) is 21.0 Å². The Morgan fingerprint density at radius 3 is 1.54 bits per heavy atom. The molecule has 0 atom stereocenters. The number of carbonyl (C=O) groups excluding carboxylic acids is 2. The van der Waals surface area contributed by atoms with Gasteiger partial charge in [0.05, 0.1) is 43.1 Å². The lowest BCUT2D eigenvalue weighted by atomic mass is 10.1. The van der Waals surface area contributed by atoms with Gasteiger partial charge < -0.3 is 24.2 Å². The van der Waals surface area contributed by atoms with Crippen molar-refractivity contribution in [1.29, 1.82) is 0 Å². The van der Waals surface area contributed by atoms with E-state index in [9.17, 15) is 19.2 Å². The van der Waals surface area contributed by atoms with E-state index in [1.54, 1.807) is 0 Å². The molecule has 0 saturated carbocycles. The van der Waals surface area contributed by atoms with Gasteiger partial charge in [0.2, 0.25) is 0 Å². The molecule has 9 heteroatoms. The fourth-order valence-electron chi connectivity index (χ4n) is 2.70. The average molecular weight is 358 g/mol. The molecule has 0 fully saturated rings. The quantitative estimate of drug-likeness (QED) is 0.527. The van der Waals surface area contributed by atoms with E-state index in [4.69, 9.17) is 4.74 Å². The fourth-order valence-corrected chi connectivity index (χ4v) is 2.70. The molecule has 3 rings (SSSR count). The topological polar surface area (TPSA) is 128 Å². The van der Waals surface area contributed by atoms with E-state index in [-0.39, 0.29) is 38.9 Å². The van der Waals surface area contributed by atoms with Crippen molar-refractivity contribution in [1.82, 2.24) is 9.97 Å². The maximum absolute atomic E-state index is 12.4. The third-order valence-corrected chi connectivity index (χ3v) is 3.90. The molecule has 2 N–H and O–H groups in total. The molecule has 2 heterocycles. The first kappa shape index (κ1) is 17.2. The van der Waals surface area contributed by atoms with Gasteiger partial charge in [-0.2, -0.15) is 0 Å². The third-order valence-electron chi connectivity index (χ3n) is 3.90. The summed E-state index contributed by atoms with van der Waals surface area (Å²) >= 11 is 0. The van der Waals surface area contributed by atoms with Crippen LogP contribution in [0.2, 0.25) is 0 Å². The second-order valence-corrected chi connectivity index (χ2v) is 5.33. The van der Waals surface area contributed by atoms with Crippen molar-refractivity contribution < 1.29 is 23.8 Å². The van der Waals surface area contributed by atoms with Crippen LogP contribution in [0.15, 0.2) is 27.8 Å². The molecule has 0 radical (unpaired) electrons. The number of esters is 2. The molecule has 9 nitrogen and oxygen atoms in total. The standard InChI is InChI=1S/C17H14N2O7/c1-24-15-13-7(11(20)5-9(18-13)16(22)25-2)4-8-12(21)6-10(17(23)26-3)19-14(8)15/h4-6H,1-3H3,(H,18,20)(H,19,21). The number of nitrogens with one attached hydrogen (secondary N) is 2. The lowest BCUT2D eigenvalue weighted by Gasteiger charge is -2.11. The molecular formula is C17H14N2O7. The number of hydrogen-bond acceptors (Lipinski definition) is 7. The SMILES string of the molecule is COC(=O)c1cc(=O)c2cc3c(=O)cc(C(=O)OC)[nH]c3c(OC)c2[nH]1. The summed E-state index contributed by atoms with van der Waals surface area (Å²) in [6.45, 7) is 0. The van der Waals surface area contributed by atoms with Crippen LogP contribution in [0.3, 0.4) is 0 Å². The maximum atomic E-state index is 12.4. The monoisotopic (exact) mass is 358 g/mol. The Bertz CT molecular complexity index is 1090. The lowest BCUT2D eigenvalue weighted by Crippen LogP contribution is -2.15. The van der Waals surface area contributed by atoms with E-state index in [0.717, 1.165) is 12.1 Å². The minimum absolute atomic E-state index is 0.0749. The number of ether oxygens (including phenoxy) is 3. The van der Waals surface area contributed by atoms with E-state index in [1.165, 1.54) is 27.4 Å². The van der Waals surface area contributed by atoms with E-state index in [2.05, 4.69) is 19.4 Å². The highest BCUT2D eigenvalue weighted by atomic mass is 16.5. The summed E-state index contributed by atoms with van der Waals surface area (Å²) in [5, 5.41) is 0.302. The molecule has 0 unspecified atom stereocenters. The van der Waals surface area contributed by atoms with Gasteiger partial charge in [-0.3, -0.25) is 9.59 Å². The van der Waals surface area contributed by atoms with E-state index < -0.39 is 22.8 Å². The maximum Gasteiger partial charge on any atom is 0.354 e. The van der Waals surface area contributed by atoms with Crippen LogP contribution in [0, 0.1) is 0 Å². The Hall–Kier alpha value is -3.62. The number of aromatic amines is 2. The lowest BCUT2D eigenvalue weighted by molar-refractivity contribution is 0.0586. The summed E-state index contributed by atoms with van der Waals surface area (Å²) in [5.74, 6) is -1.37. The molecule has 0 aliphatic rings. The minimum Gasteiger partial charge on any atom is -0.492 e. The molecule has 0 bridgehead atoms. The van der Waals surface area contributed by atoms with Gasteiger partial charge in [0.1, 0.15) is 11.4 Å². The average Bonchev–Trinajstić information content (AvgIpc) is 2.65. The number of hydrogen-bond donors (Lipinski definition) is 2. The van der Waals surface area contributed by atoms with Crippen molar-refractivity contribution in [2.24, 2.45) is 0 Å². The number of carbonyl (C=O) groups is 2. The highest BCUT2D eigenvalue weighted by Crippen LogP contribution is 2.30. The summed E-state index contributed by atoms with van der Waals surface area (Å²) in [6.07, 6.45) is 0. The van der Waals surface area contributed by atoms with Gasteiger partial charge in [-0.25, -0.2) is 9.59 Å². The number of rotatable bonds is 3. The van der Waals surface area contributed by atoms with Crippen LogP contribution < -0.4 is 15.6 Å². The third kappa shape index (κ3) is 2.59. The number of aromatic nitrogens is 2. The highest BCUT2D eigenvalue weighted by Gasteiger charge is 2.19. The Labute approximate surface area is 145 Å². The number of benzene rings is 1. The molecule has 0 saturated heterocycles. The predicted molar refractivity (Wildman–Crippen MR) is 91.9 cm³/mol. The zero-order valence-corrected chi connectivity index (χ0v) is 14.1. The zero-order chi connectivity index (χ0) is 19.0. The molecule has 134 valence electrons. The van der Waals surface area contributed by atoms with Gasteiger partial charge in [0.15, 0.2) is 16.6 Å². The smallest absolute Gasteiger partial charge is 0.354 e. The van der Waals surface area contributed by atoms with Crippen molar-refractivity contribution >= 4 is 33.7 Å². The second-order valence-electron chi connectivity index (χ2n) is 5.33. The van der Waals surface area contributed by atoms with Gasteiger partial charge >= 0.3 is 11.9 Å².